The molecule has 1 aromatic heterocycles. The first-order valence-electron chi connectivity index (χ1n) is 15.9. The van der Waals surface area contributed by atoms with Crippen LogP contribution in [0.1, 0.15) is 74.6 Å². The molecule has 2 N–H and O–H groups in total. The number of amides is 1. The highest BCUT2D eigenvalue weighted by Gasteiger charge is 2.34. The SMILES string of the molecule is Cc1c(CC(C(=O)O)C(C)(C)C)cccc1NC(=O)C(c1ccc(Cn2nc(-c3ccccc3)ccc2=O)cc1)C1CCCC1. The largest absolute Gasteiger partial charge is 0.481 e. The van der Waals surface area contributed by atoms with Crippen molar-refractivity contribution in [2.75, 3.05) is 5.32 Å². The molecule has 1 fully saturated rings. The number of carboxylic acid groups (broad SMARTS) is 1. The lowest BCUT2D eigenvalue weighted by molar-refractivity contribution is -0.145. The minimum atomic E-state index is -0.814. The van der Waals surface area contributed by atoms with Crippen molar-refractivity contribution in [3.8, 4) is 11.3 Å². The van der Waals surface area contributed by atoms with Crippen LogP contribution < -0.4 is 10.9 Å². The Morgan fingerprint density at radius 3 is 2.27 bits per heavy atom. The molecule has 7 nitrogen and oxygen atoms in total. The van der Waals surface area contributed by atoms with E-state index in [-0.39, 0.29) is 23.3 Å². The third kappa shape index (κ3) is 7.59. The highest BCUT2D eigenvalue weighted by atomic mass is 16.4. The molecule has 1 amide bonds. The standard InChI is InChI=1S/C38H43N3O4/c1-25-30(23-31(37(44)45)38(2,3)4)15-10-16-32(25)39-36(43)35(28-13-8-9-14-28)29-19-17-26(18-20-29)24-41-34(42)22-21-33(40-41)27-11-6-5-7-12-27/h5-7,10-12,15-22,28,31,35H,8-9,13-14,23-24H2,1-4H3,(H,39,43)(H,44,45). The second-order valence-corrected chi connectivity index (χ2v) is 13.4. The Kier molecular flexibility index (Phi) is 9.66. The van der Waals surface area contributed by atoms with Gasteiger partial charge >= 0.3 is 5.97 Å². The third-order valence-corrected chi connectivity index (χ3v) is 9.23. The molecule has 1 aliphatic rings. The molecule has 2 unspecified atom stereocenters. The van der Waals surface area contributed by atoms with E-state index >= 15 is 0 Å². The molecule has 45 heavy (non-hydrogen) atoms. The Labute approximate surface area is 265 Å². The van der Waals surface area contributed by atoms with Crippen LogP contribution in [0, 0.1) is 24.2 Å². The van der Waals surface area contributed by atoms with Gasteiger partial charge in [0.25, 0.3) is 5.56 Å². The minimum Gasteiger partial charge on any atom is -0.481 e. The number of carbonyl (C=O) groups is 2. The molecule has 7 heteroatoms. The highest BCUT2D eigenvalue weighted by molar-refractivity contribution is 5.97. The van der Waals surface area contributed by atoms with E-state index in [1.54, 1.807) is 12.1 Å². The smallest absolute Gasteiger partial charge is 0.307 e. The van der Waals surface area contributed by atoms with Gasteiger partial charge in [-0.05, 0) is 71.9 Å². The first-order chi connectivity index (χ1) is 21.5. The van der Waals surface area contributed by atoms with Crippen molar-refractivity contribution >= 4 is 17.6 Å². The molecule has 1 aliphatic carbocycles. The number of carboxylic acids is 1. The Morgan fingerprint density at radius 2 is 1.62 bits per heavy atom. The molecule has 5 rings (SSSR count). The van der Waals surface area contributed by atoms with Crippen LogP contribution >= 0.6 is 0 Å². The number of hydrogen-bond donors (Lipinski definition) is 2. The number of benzene rings is 3. The molecule has 234 valence electrons. The van der Waals surface area contributed by atoms with Crippen molar-refractivity contribution in [3.63, 3.8) is 0 Å². The van der Waals surface area contributed by atoms with Crippen LogP contribution in [0.25, 0.3) is 11.3 Å². The van der Waals surface area contributed by atoms with Gasteiger partial charge in [-0.2, -0.15) is 5.10 Å². The van der Waals surface area contributed by atoms with Gasteiger partial charge in [0.15, 0.2) is 0 Å². The Hall–Kier alpha value is -4.52. The maximum absolute atomic E-state index is 14.0. The lowest BCUT2D eigenvalue weighted by Gasteiger charge is -2.28. The van der Waals surface area contributed by atoms with Crippen LogP contribution in [0.5, 0.6) is 0 Å². The average molecular weight is 606 g/mol. The van der Waals surface area contributed by atoms with E-state index in [4.69, 9.17) is 0 Å². The summed E-state index contributed by atoms with van der Waals surface area (Å²) < 4.78 is 1.48. The monoisotopic (exact) mass is 605 g/mol. The predicted octanol–water partition coefficient (Wildman–Crippen LogP) is 7.47. The first kappa shape index (κ1) is 31.9. The van der Waals surface area contributed by atoms with E-state index in [9.17, 15) is 19.5 Å². The summed E-state index contributed by atoms with van der Waals surface area (Å²) in [6.07, 6.45) is 4.61. The quantitative estimate of drug-likeness (QED) is 0.195. The van der Waals surface area contributed by atoms with E-state index < -0.39 is 17.3 Å². The van der Waals surface area contributed by atoms with Crippen molar-refractivity contribution < 1.29 is 14.7 Å². The zero-order chi connectivity index (χ0) is 32.1. The lowest BCUT2D eigenvalue weighted by atomic mass is 9.76. The average Bonchev–Trinajstić information content (AvgIpc) is 3.54. The summed E-state index contributed by atoms with van der Waals surface area (Å²) in [5.74, 6) is -1.48. The van der Waals surface area contributed by atoms with Gasteiger partial charge in [0.2, 0.25) is 5.91 Å². The molecule has 0 spiro atoms. The summed E-state index contributed by atoms with van der Waals surface area (Å²) in [6, 6.07) is 26.8. The number of hydrogen-bond acceptors (Lipinski definition) is 4. The van der Waals surface area contributed by atoms with Gasteiger partial charge in [-0.15, -0.1) is 0 Å². The lowest BCUT2D eigenvalue weighted by Crippen LogP contribution is -2.30. The van der Waals surface area contributed by atoms with E-state index in [1.165, 1.54) is 4.68 Å². The van der Waals surface area contributed by atoms with E-state index in [1.807, 2.05) is 100 Å². The van der Waals surface area contributed by atoms with Gasteiger partial charge in [-0.3, -0.25) is 14.4 Å². The molecule has 0 bridgehead atoms. The normalized spacial score (nSPS) is 15.0. The topological polar surface area (TPSA) is 101 Å². The van der Waals surface area contributed by atoms with Crippen molar-refractivity contribution in [2.45, 2.75) is 72.3 Å². The second kappa shape index (κ2) is 13.6. The fourth-order valence-corrected chi connectivity index (χ4v) is 6.49. The third-order valence-electron chi connectivity index (χ3n) is 9.23. The van der Waals surface area contributed by atoms with Crippen LogP contribution in [0.15, 0.2) is 89.7 Å². The van der Waals surface area contributed by atoms with Gasteiger partial charge in [0.05, 0.1) is 24.1 Å². The predicted molar refractivity (Wildman–Crippen MR) is 178 cm³/mol. The molecule has 3 aromatic carbocycles. The van der Waals surface area contributed by atoms with Crippen molar-refractivity contribution in [1.82, 2.24) is 9.78 Å². The summed E-state index contributed by atoms with van der Waals surface area (Å²) >= 11 is 0. The van der Waals surface area contributed by atoms with E-state index in [0.29, 0.717) is 13.0 Å². The van der Waals surface area contributed by atoms with E-state index in [2.05, 4.69) is 10.4 Å². The number of anilines is 1. The molecule has 4 aromatic rings. The van der Waals surface area contributed by atoms with E-state index in [0.717, 1.165) is 64.9 Å². The Bertz CT molecular complexity index is 1700. The first-order valence-corrected chi connectivity index (χ1v) is 15.9. The molecule has 1 heterocycles. The van der Waals surface area contributed by atoms with Crippen LogP contribution in [0.4, 0.5) is 5.69 Å². The van der Waals surface area contributed by atoms with Crippen LogP contribution in [0.2, 0.25) is 0 Å². The molecule has 0 radical (unpaired) electrons. The van der Waals surface area contributed by atoms with Gasteiger partial charge in [-0.1, -0.05) is 100 Å². The second-order valence-electron chi connectivity index (χ2n) is 13.4. The number of aromatic nitrogens is 2. The number of nitrogens with one attached hydrogen (secondary N) is 1. The molecule has 0 aliphatic heterocycles. The summed E-state index contributed by atoms with van der Waals surface area (Å²) in [7, 11) is 0. The number of rotatable bonds is 10. The summed E-state index contributed by atoms with van der Waals surface area (Å²) in [4.78, 5) is 38.7. The Balaban J connectivity index is 1.36. The van der Waals surface area contributed by atoms with Gasteiger partial charge < -0.3 is 10.4 Å². The van der Waals surface area contributed by atoms with Crippen LogP contribution in [0.3, 0.4) is 0 Å². The van der Waals surface area contributed by atoms with Crippen molar-refractivity contribution in [2.24, 2.45) is 17.3 Å². The van der Waals surface area contributed by atoms with Gasteiger partial charge in [0.1, 0.15) is 0 Å². The minimum absolute atomic E-state index is 0.0473. The zero-order valence-electron chi connectivity index (χ0n) is 26.6. The van der Waals surface area contributed by atoms with Crippen LogP contribution in [-0.4, -0.2) is 26.8 Å². The number of aliphatic carboxylic acids is 1. The fraction of sp³-hybridized carbons (Fsp3) is 0.368. The number of nitrogens with zero attached hydrogens (tertiary/aromatic N) is 2. The molecule has 0 saturated heterocycles. The summed E-state index contributed by atoms with van der Waals surface area (Å²) in [5.41, 5.74) is 5.55. The summed E-state index contributed by atoms with van der Waals surface area (Å²) in [5, 5.41) is 17.7. The van der Waals surface area contributed by atoms with Crippen molar-refractivity contribution in [3.05, 3.63) is 118 Å². The van der Waals surface area contributed by atoms with Crippen molar-refractivity contribution in [1.29, 1.82) is 0 Å². The van der Waals surface area contributed by atoms with Crippen LogP contribution in [-0.2, 0) is 22.6 Å². The number of carbonyl (C=O) groups excluding carboxylic acids is 1. The van der Waals surface area contributed by atoms with Gasteiger partial charge in [-0.25, -0.2) is 4.68 Å². The molecular weight excluding hydrogens is 562 g/mol. The summed E-state index contributed by atoms with van der Waals surface area (Å²) in [6.45, 7) is 8.12. The maximum atomic E-state index is 14.0. The fourth-order valence-electron chi connectivity index (χ4n) is 6.49. The molecular formula is C38H43N3O4. The molecule has 2 atom stereocenters. The Morgan fingerprint density at radius 1 is 0.933 bits per heavy atom. The highest BCUT2D eigenvalue weighted by Crippen LogP contribution is 2.39. The zero-order valence-corrected chi connectivity index (χ0v) is 26.6. The maximum Gasteiger partial charge on any atom is 0.307 e. The van der Waals surface area contributed by atoms with Gasteiger partial charge in [0, 0.05) is 17.3 Å². The molecule has 1 saturated carbocycles.